The Balaban J connectivity index is 1.91. The van der Waals surface area contributed by atoms with Gasteiger partial charge in [-0.2, -0.15) is 15.2 Å². The third-order valence-electron chi connectivity index (χ3n) is 4.29. The van der Waals surface area contributed by atoms with E-state index in [9.17, 15) is 36.2 Å². The molecule has 0 radical (unpaired) electrons. The van der Waals surface area contributed by atoms with Crippen LogP contribution in [0.15, 0.2) is 5.10 Å². The number of halogens is 7. The fourth-order valence-corrected chi connectivity index (χ4v) is 3.20. The average Bonchev–Trinajstić information content (AvgIpc) is 3.24. The van der Waals surface area contributed by atoms with Gasteiger partial charge in [0.2, 0.25) is 5.72 Å². The first-order valence-corrected chi connectivity index (χ1v) is 8.17. The van der Waals surface area contributed by atoms with E-state index in [1.165, 1.54) is 0 Å². The van der Waals surface area contributed by atoms with Crippen molar-refractivity contribution in [2.45, 2.75) is 56.7 Å². The lowest BCUT2D eigenvalue weighted by molar-refractivity contribution is -0.192. The molecule has 13 heteroatoms. The minimum atomic E-state index is -3.58. The second-order valence-electron chi connectivity index (χ2n) is 6.27. The summed E-state index contributed by atoms with van der Waals surface area (Å²) >= 11 is 5.89. The van der Waals surface area contributed by atoms with E-state index < -0.39 is 55.3 Å². The van der Waals surface area contributed by atoms with Crippen molar-refractivity contribution in [2.75, 3.05) is 0 Å². The van der Waals surface area contributed by atoms with E-state index in [1.54, 1.807) is 0 Å². The number of carbonyl (C=O) groups excluding carboxylic acids is 1. The number of carbonyl (C=O) groups is 1. The molecule has 1 N–H and O–H groups in total. The number of hydrogen-bond acceptors (Lipinski definition) is 4. The number of aromatic nitrogens is 2. The van der Waals surface area contributed by atoms with Crippen LogP contribution in [0.3, 0.4) is 0 Å². The van der Waals surface area contributed by atoms with E-state index in [1.807, 2.05) is 0 Å². The SMILES string of the molecule is O=C(Cn1nc(C(F)F)c(Cl)c1C1CC1)N1N=C(C(F)F)C[C@]1(O)C(F)F. The zero-order chi connectivity index (χ0) is 20.1. The maximum absolute atomic E-state index is 13.2. The maximum atomic E-state index is 13.2. The molecule has 1 aromatic heterocycles. The Morgan fingerprint density at radius 3 is 2.33 bits per heavy atom. The summed E-state index contributed by atoms with van der Waals surface area (Å²) in [5, 5.41) is 16.2. The molecule has 1 aliphatic heterocycles. The van der Waals surface area contributed by atoms with Crippen LogP contribution in [0.5, 0.6) is 0 Å². The van der Waals surface area contributed by atoms with Crippen LogP contribution in [0.4, 0.5) is 26.3 Å². The number of aliphatic hydroxyl groups is 1. The molecule has 27 heavy (non-hydrogen) atoms. The largest absolute Gasteiger partial charge is 0.364 e. The first-order valence-electron chi connectivity index (χ1n) is 7.79. The molecular weight excluding hydrogens is 406 g/mol. The van der Waals surface area contributed by atoms with Crippen molar-refractivity contribution < 1.29 is 36.2 Å². The Kier molecular flexibility index (Phi) is 5.14. The quantitative estimate of drug-likeness (QED) is 0.721. The molecule has 0 bridgehead atoms. The highest BCUT2D eigenvalue weighted by Crippen LogP contribution is 2.45. The van der Waals surface area contributed by atoms with Gasteiger partial charge in [0.05, 0.1) is 10.7 Å². The lowest BCUT2D eigenvalue weighted by atomic mass is 10.1. The predicted octanol–water partition coefficient (Wildman–Crippen LogP) is 3.16. The number of rotatable bonds is 6. The second kappa shape index (κ2) is 6.97. The van der Waals surface area contributed by atoms with Gasteiger partial charge in [-0.1, -0.05) is 11.6 Å². The molecule has 1 aliphatic carbocycles. The molecule has 0 saturated heterocycles. The average molecular weight is 419 g/mol. The highest BCUT2D eigenvalue weighted by Gasteiger charge is 2.53. The van der Waals surface area contributed by atoms with Crippen LogP contribution >= 0.6 is 11.6 Å². The van der Waals surface area contributed by atoms with Gasteiger partial charge in [0.1, 0.15) is 18.0 Å². The molecule has 0 aromatic carbocycles. The number of nitrogens with zero attached hydrogens (tertiary/aromatic N) is 4. The van der Waals surface area contributed by atoms with Gasteiger partial charge >= 0.3 is 0 Å². The zero-order valence-corrected chi connectivity index (χ0v) is 14.2. The summed E-state index contributed by atoms with van der Waals surface area (Å²) in [6, 6.07) is 0. The van der Waals surface area contributed by atoms with Crippen molar-refractivity contribution in [1.29, 1.82) is 0 Å². The third-order valence-corrected chi connectivity index (χ3v) is 4.67. The van der Waals surface area contributed by atoms with Crippen molar-refractivity contribution in [2.24, 2.45) is 5.10 Å². The summed E-state index contributed by atoms with van der Waals surface area (Å²) in [4.78, 5) is 12.4. The van der Waals surface area contributed by atoms with Gasteiger partial charge in [-0.15, -0.1) is 0 Å². The molecule has 2 heterocycles. The smallest absolute Gasteiger partial charge is 0.287 e. The Morgan fingerprint density at radius 1 is 1.22 bits per heavy atom. The molecule has 1 aromatic rings. The first-order chi connectivity index (χ1) is 12.6. The summed E-state index contributed by atoms with van der Waals surface area (Å²) in [6.07, 6.45) is -9.87. The molecule has 0 spiro atoms. The van der Waals surface area contributed by atoms with Crippen LogP contribution in [-0.4, -0.2) is 50.1 Å². The van der Waals surface area contributed by atoms with Gasteiger partial charge in [-0.25, -0.2) is 26.3 Å². The van der Waals surface area contributed by atoms with E-state index in [0.717, 1.165) is 4.68 Å². The van der Waals surface area contributed by atoms with Gasteiger partial charge in [0.25, 0.3) is 25.2 Å². The summed E-state index contributed by atoms with van der Waals surface area (Å²) in [7, 11) is 0. The van der Waals surface area contributed by atoms with Crippen LogP contribution in [-0.2, 0) is 11.3 Å². The van der Waals surface area contributed by atoms with E-state index in [0.29, 0.717) is 12.8 Å². The van der Waals surface area contributed by atoms with E-state index >= 15 is 0 Å². The summed E-state index contributed by atoms with van der Waals surface area (Å²) in [6.45, 7) is -0.868. The molecule has 0 unspecified atom stereocenters. The molecule has 1 fully saturated rings. The minimum absolute atomic E-state index is 0.131. The highest BCUT2D eigenvalue weighted by molar-refractivity contribution is 6.32. The van der Waals surface area contributed by atoms with Gasteiger partial charge in [-0.3, -0.25) is 9.48 Å². The van der Waals surface area contributed by atoms with Crippen molar-refractivity contribution in [3.8, 4) is 0 Å². The Morgan fingerprint density at radius 2 is 1.85 bits per heavy atom. The third kappa shape index (κ3) is 3.51. The van der Waals surface area contributed by atoms with Gasteiger partial charge in [0, 0.05) is 12.3 Å². The Bertz CT molecular complexity index is 782. The molecule has 6 nitrogen and oxygen atoms in total. The zero-order valence-electron chi connectivity index (χ0n) is 13.4. The standard InChI is InChI=1S/C14H13ClF6N4O2/c15-8-9(12(18)19)23-24(10(8)5-1-2-5)4-7(26)25-14(27,13(20)21)3-6(22-25)11(16)17/h5,11-13,27H,1-4H2/t14-/m0/s1. The predicted molar refractivity (Wildman–Crippen MR) is 80.0 cm³/mol. The molecular formula is C14H13ClF6N4O2. The van der Waals surface area contributed by atoms with Gasteiger partial charge in [0.15, 0.2) is 0 Å². The maximum Gasteiger partial charge on any atom is 0.287 e. The molecule has 1 amide bonds. The molecule has 1 saturated carbocycles. The van der Waals surface area contributed by atoms with Crippen LogP contribution in [0.1, 0.15) is 43.0 Å². The van der Waals surface area contributed by atoms with Crippen molar-refractivity contribution >= 4 is 23.2 Å². The minimum Gasteiger partial charge on any atom is -0.364 e. The lowest BCUT2D eigenvalue weighted by Crippen LogP contribution is -2.52. The topological polar surface area (TPSA) is 70.7 Å². The fraction of sp³-hybridized carbons (Fsp3) is 0.643. The van der Waals surface area contributed by atoms with E-state index in [-0.39, 0.29) is 21.6 Å². The van der Waals surface area contributed by atoms with Crippen LogP contribution in [0.25, 0.3) is 0 Å². The van der Waals surface area contributed by atoms with Crippen LogP contribution < -0.4 is 0 Å². The van der Waals surface area contributed by atoms with Gasteiger partial charge < -0.3 is 5.11 Å². The second-order valence-corrected chi connectivity index (χ2v) is 6.65. The first kappa shape index (κ1) is 19.9. The van der Waals surface area contributed by atoms with Crippen LogP contribution in [0.2, 0.25) is 5.02 Å². The molecule has 2 aliphatic rings. The van der Waals surface area contributed by atoms with Crippen molar-refractivity contribution in [3.05, 3.63) is 16.4 Å². The number of hydrogen-bond donors (Lipinski definition) is 1. The monoisotopic (exact) mass is 418 g/mol. The molecule has 1 atom stereocenters. The Labute approximate surface area is 153 Å². The Hall–Kier alpha value is -1.82. The number of alkyl halides is 6. The molecule has 3 rings (SSSR count). The normalized spacial score (nSPS) is 23.1. The lowest BCUT2D eigenvalue weighted by Gasteiger charge is -2.30. The van der Waals surface area contributed by atoms with Gasteiger partial charge in [-0.05, 0) is 12.8 Å². The number of amides is 1. The fourth-order valence-electron chi connectivity index (χ4n) is 2.83. The number of hydrazone groups is 1. The van der Waals surface area contributed by atoms with E-state index in [4.69, 9.17) is 11.6 Å². The van der Waals surface area contributed by atoms with Crippen LogP contribution in [0, 0.1) is 0 Å². The summed E-state index contributed by atoms with van der Waals surface area (Å²) < 4.78 is 78.8. The van der Waals surface area contributed by atoms with Crippen molar-refractivity contribution in [3.63, 3.8) is 0 Å². The molecule has 150 valence electrons. The highest BCUT2D eigenvalue weighted by atomic mass is 35.5. The van der Waals surface area contributed by atoms with E-state index in [2.05, 4.69) is 10.2 Å². The summed E-state index contributed by atoms with van der Waals surface area (Å²) in [5.41, 5.74) is -4.96. The summed E-state index contributed by atoms with van der Waals surface area (Å²) in [5.74, 6) is -1.53. The van der Waals surface area contributed by atoms with Crippen molar-refractivity contribution in [1.82, 2.24) is 14.8 Å².